The monoisotopic (exact) mass is 717 g/mol. The Balaban J connectivity index is 1.66. The summed E-state index contributed by atoms with van der Waals surface area (Å²) in [5, 5.41) is 2.09. The molecule has 0 aliphatic carbocycles. The summed E-state index contributed by atoms with van der Waals surface area (Å²) in [6.07, 6.45) is 7.05. The first kappa shape index (κ1) is 34.8. The quantitative estimate of drug-likeness (QED) is 0.145. The molecule has 0 spiro atoms. The van der Waals surface area contributed by atoms with Gasteiger partial charge in [-0.25, -0.2) is 9.78 Å². The average Bonchev–Trinajstić information content (AvgIpc) is 3.58. The van der Waals surface area contributed by atoms with Crippen molar-refractivity contribution in [1.82, 2.24) is 14.5 Å². The molecule has 0 N–H and O–H groups in total. The number of carbonyl (C=O) groups excluding carboxylic acids is 2. The van der Waals surface area contributed by atoms with Crippen LogP contribution in [-0.4, -0.2) is 59.7 Å². The zero-order chi connectivity index (χ0) is 33.8. The summed E-state index contributed by atoms with van der Waals surface area (Å²) >= 11 is 5.54. The van der Waals surface area contributed by atoms with E-state index >= 15 is 0 Å². The molecule has 1 atom stereocenters. The first-order chi connectivity index (χ1) is 22.5. The normalized spacial score (nSPS) is 14.2. The third-order valence-corrected chi connectivity index (χ3v) is 10.9. The average molecular weight is 719 g/mol. The van der Waals surface area contributed by atoms with E-state index in [0.29, 0.717) is 38.3 Å². The topological polar surface area (TPSA) is 73.7 Å². The number of amides is 1. The van der Waals surface area contributed by atoms with Crippen molar-refractivity contribution >= 4 is 61.7 Å². The summed E-state index contributed by atoms with van der Waals surface area (Å²) in [4.78, 5) is 34.1. The van der Waals surface area contributed by atoms with E-state index in [4.69, 9.17) is 9.47 Å². The molecule has 1 amide bonds. The van der Waals surface area contributed by atoms with E-state index < -0.39 is 5.97 Å². The number of carbonyl (C=O) groups is 2. The van der Waals surface area contributed by atoms with Gasteiger partial charge in [-0.1, -0.05) is 61.0 Å². The molecule has 248 valence electrons. The molecule has 4 aromatic rings. The van der Waals surface area contributed by atoms with Crippen LogP contribution in [0.5, 0.6) is 0 Å². The SMILES string of the molecule is C=C(C/C=C\c1cc(-c2c(C(C)CCC)c3ccc(C(=O)OC)cc3n2CC(=O)N2CCOCC2)cc(Br)c1C)c1sc(C)nc1C. The highest BCUT2D eigenvalue weighted by atomic mass is 79.9. The van der Waals surface area contributed by atoms with Crippen LogP contribution in [0.25, 0.3) is 33.8 Å². The Morgan fingerprint density at radius 3 is 2.57 bits per heavy atom. The Hall–Kier alpha value is -3.53. The first-order valence-corrected chi connectivity index (χ1v) is 17.8. The minimum Gasteiger partial charge on any atom is -0.465 e. The van der Waals surface area contributed by atoms with Gasteiger partial charge in [-0.2, -0.15) is 0 Å². The number of hydrogen-bond acceptors (Lipinski definition) is 6. The van der Waals surface area contributed by atoms with Gasteiger partial charge in [0.25, 0.3) is 0 Å². The zero-order valence-corrected chi connectivity index (χ0v) is 30.6. The molecule has 47 heavy (non-hydrogen) atoms. The second kappa shape index (κ2) is 15.1. The fraction of sp³-hybridized carbons (Fsp3) is 0.395. The van der Waals surface area contributed by atoms with Crippen molar-refractivity contribution in [3.05, 3.63) is 85.3 Å². The van der Waals surface area contributed by atoms with Gasteiger partial charge in [-0.05, 0) is 86.1 Å². The predicted molar refractivity (Wildman–Crippen MR) is 196 cm³/mol. The molecule has 1 fully saturated rings. The largest absolute Gasteiger partial charge is 0.465 e. The van der Waals surface area contributed by atoms with Crippen molar-refractivity contribution in [3.8, 4) is 11.3 Å². The minimum absolute atomic E-state index is 0.0306. The van der Waals surface area contributed by atoms with Crippen LogP contribution in [0, 0.1) is 20.8 Å². The molecule has 2 aromatic carbocycles. The van der Waals surface area contributed by atoms with Crippen LogP contribution in [0.4, 0.5) is 0 Å². The van der Waals surface area contributed by atoms with E-state index in [1.807, 2.05) is 36.9 Å². The lowest BCUT2D eigenvalue weighted by Gasteiger charge is -2.27. The zero-order valence-electron chi connectivity index (χ0n) is 28.2. The number of fused-ring (bicyclic) bond motifs is 1. The van der Waals surface area contributed by atoms with E-state index in [9.17, 15) is 9.59 Å². The van der Waals surface area contributed by atoms with Gasteiger partial charge >= 0.3 is 5.97 Å². The summed E-state index contributed by atoms with van der Waals surface area (Å²) in [6.45, 7) is 17.3. The van der Waals surface area contributed by atoms with Crippen LogP contribution >= 0.6 is 27.3 Å². The van der Waals surface area contributed by atoms with Gasteiger partial charge in [0.1, 0.15) is 6.54 Å². The molecule has 1 saturated heterocycles. The smallest absolute Gasteiger partial charge is 0.337 e. The fourth-order valence-electron chi connectivity index (χ4n) is 6.51. The van der Waals surface area contributed by atoms with Gasteiger partial charge in [0.05, 0.1) is 52.7 Å². The molecule has 9 heteroatoms. The highest BCUT2D eigenvalue weighted by Crippen LogP contribution is 2.42. The van der Waals surface area contributed by atoms with Crippen molar-refractivity contribution in [3.63, 3.8) is 0 Å². The number of aryl methyl sites for hydroxylation is 2. The van der Waals surface area contributed by atoms with Crippen LogP contribution < -0.4 is 0 Å². The lowest BCUT2D eigenvalue weighted by atomic mass is 9.90. The number of ether oxygens (including phenoxy) is 2. The summed E-state index contributed by atoms with van der Waals surface area (Å²) in [6, 6.07) is 10.1. The Bertz CT molecular complexity index is 1850. The molecule has 0 saturated carbocycles. The number of hydrogen-bond donors (Lipinski definition) is 0. The van der Waals surface area contributed by atoms with Crippen LogP contribution in [0.15, 0.2) is 47.5 Å². The number of esters is 1. The number of allylic oxidation sites excluding steroid dienone is 2. The van der Waals surface area contributed by atoms with Crippen molar-refractivity contribution < 1.29 is 19.1 Å². The van der Waals surface area contributed by atoms with Crippen molar-refractivity contribution in [1.29, 1.82) is 0 Å². The van der Waals surface area contributed by atoms with Gasteiger partial charge in [-0.3, -0.25) is 4.79 Å². The fourth-order valence-corrected chi connectivity index (χ4v) is 7.89. The number of morpholine rings is 1. The Labute approximate surface area is 290 Å². The van der Waals surface area contributed by atoms with Gasteiger partial charge in [-0.15, -0.1) is 11.3 Å². The maximum absolute atomic E-state index is 13.8. The standard InChI is InChI=1S/C38H44BrN3O4S/c1-8-10-23(2)35-31-14-13-29(38(44)45-7)21-33(31)42(22-34(43)41-15-17-46-18-16-41)36(35)30-19-28(25(4)32(39)20-30)12-9-11-24(3)37-26(5)40-27(6)47-37/h9,12-14,19-21,23H,3,8,10-11,15-18,22H2,1-2,4-7H3/b12-9-. The lowest BCUT2D eigenvalue weighted by molar-refractivity contribution is -0.135. The number of thiazole rings is 1. The highest BCUT2D eigenvalue weighted by molar-refractivity contribution is 9.10. The van der Waals surface area contributed by atoms with Crippen molar-refractivity contribution in [2.24, 2.45) is 0 Å². The number of nitrogens with zero attached hydrogens (tertiary/aromatic N) is 3. The number of aromatic nitrogens is 2. The number of benzene rings is 2. The Morgan fingerprint density at radius 2 is 1.91 bits per heavy atom. The van der Waals surface area contributed by atoms with E-state index in [2.05, 4.69) is 77.1 Å². The molecule has 2 aromatic heterocycles. The van der Waals surface area contributed by atoms with E-state index in [1.54, 1.807) is 11.3 Å². The first-order valence-electron chi connectivity index (χ1n) is 16.2. The predicted octanol–water partition coefficient (Wildman–Crippen LogP) is 9.12. The molecule has 1 aliphatic heterocycles. The van der Waals surface area contributed by atoms with Crippen molar-refractivity contribution in [2.75, 3.05) is 33.4 Å². The molecule has 7 nitrogen and oxygen atoms in total. The van der Waals surface area contributed by atoms with E-state index in [0.717, 1.165) is 71.8 Å². The summed E-state index contributed by atoms with van der Waals surface area (Å²) in [5.74, 6) is -0.155. The van der Waals surface area contributed by atoms with E-state index in [1.165, 1.54) is 12.7 Å². The molecule has 5 rings (SSSR count). The molecular weight excluding hydrogens is 674 g/mol. The molecule has 0 radical (unpaired) electrons. The maximum Gasteiger partial charge on any atom is 0.337 e. The summed E-state index contributed by atoms with van der Waals surface area (Å²) < 4.78 is 13.7. The third kappa shape index (κ3) is 7.47. The second-order valence-electron chi connectivity index (χ2n) is 12.3. The van der Waals surface area contributed by atoms with Crippen molar-refractivity contribution in [2.45, 2.75) is 66.3 Å². The maximum atomic E-state index is 13.8. The molecular formula is C38H44BrN3O4S. The van der Waals surface area contributed by atoms with Crippen LogP contribution in [0.1, 0.15) is 81.7 Å². The van der Waals surface area contributed by atoms with Gasteiger partial charge in [0, 0.05) is 28.5 Å². The molecule has 3 heterocycles. The molecule has 1 aliphatic rings. The lowest BCUT2D eigenvalue weighted by Crippen LogP contribution is -2.42. The van der Waals surface area contributed by atoms with E-state index in [-0.39, 0.29) is 18.4 Å². The number of rotatable bonds is 11. The van der Waals surface area contributed by atoms with Crippen LogP contribution in [-0.2, 0) is 20.8 Å². The Kier molecular flexibility index (Phi) is 11.2. The number of halogens is 1. The summed E-state index contributed by atoms with van der Waals surface area (Å²) in [7, 11) is 1.39. The third-order valence-electron chi connectivity index (χ3n) is 8.94. The second-order valence-corrected chi connectivity index (χ2v) is 14.3. The van der Waals surface area contributed by atoms with Gasteiger partial charge in [0.15, 0.2) is 0 Å². The van der Waals surface area contributed by atoms with Gasteiger partial charge in [0.2, 0.25) is 5.91 Å². The molecule has 1 unspecified atom stereocenters. The van der Waals surface area contributed by atoms with Crippen LogP contribution in [0.3, 0.4) is 0 Å². The Morgan fingerprint density at radius 1 is 1.17 bits per heavy atom. The van der Waals surface area contributed by atoms with Gasteiger partial charge < -0.3 is 18.9 Å². The van der Waals surface area contributed by atoms with Crippen LogP contribution in [0.2, 0.25) is 0 Å². The summed E-state index contributed by atoms with van der Waals surface area (Å²) in [5.41, 5.74) is 8.79. The number of methoxy groups -OCH3 is 1. The highest BCUT2D eigenvalue weighted by Gasteiger charge is 2.27. The molecule has 0 bridgehead atoms. The minimum atomic E-state index is -0.403.